The van der Waals surface area contributed by atoms with Crippen LogP contribution in [0.1, 0.15) is 36.2 Å². The SMILES string of the molecule is CN(C)C(=O)CCNC(=O)c1ccc(S(=O)(=O)N2CCCCC2)o1. The van der Waals surface area contributed by atoms with Crippen LogP contribution in [0.4, 0.5) is 0 Å². The van der Waals surface area contributed by atoms with E-state index in [2.05, 4.69) is 5.32 Å². The molecule has 8 nitrogen and oxygen atoms in total. The minimum absolute atomic E-state index is 0.0807. The molecule has 0 aliphatic carbocycles. The van der Waals surface area contributed by atoms with Crippen LogP contribution in [-0.4, -0.2) is 63.2 Å². The summed E-state index contributed by atoms with van der Waals surface area (Å²) < 4.78 is 31.5. The number of carbonyl (C=O) groups is 2. The van der Waals surface area contributed by atoms with Gasteiger partial charge in [-0.25, -0.2) is 8.42 Å². The molecule has 0 radical (unpaired) electrons. The van der Waals surface area contributed by atoms with E-state index in [4.69, 9.17) is 4.42 Å². The summed E-state index contributed by atoms with van der Waals surface area (Å²) >= 11 is 0. The highest BCUT2D eigenvalue weighted by Gasteiger charge is 2.29. The van der Waals surface area contributed by atoms with E-state index >= 15 is 0 Å². The lowest BCUT2D eigenvalue weighted by atomic mass is 10.2. The minimum Gasteiger partial charge on any atom is -0.438 e. The number of furan rings is 1. The van der Waals surface area contributed by atoms with Gasteiger partial charge in [0.05, 0.1) is 0 Å². The van der Waals surface area contributed by atoms with E-state index in [-0.39, 0.29) is 29.7 Å². The molecule has 0 aromatic carbocycles. The Morgan fingerprint density at radius 3 is 2.50 bits per heavy atom. The molecule has 1 fully saturated rings. The molecular formula is C15H23N3O5S. The van der Waals surface area contributed by atoms with Crippen LogP contribution in [0.3, 0.4) is 0 Å². The maximum Gasteiger partial charge on any atom is 0.287 e. The van der Waals surface area contributed by atoms with E-state index in [0.29, 0.717) is 13.1 Å². The topological polar surface area (TPSA) is 99.9 Å². The Kier molecular flexibility index (Phi) is 6.00. The van der Waals surface area contributed by atoms with Gasteiger partial charge in [-0.2, -0.15) is 4.31 Å². The first-order chi connectivity index (χ1) is 11.3. The van der Waals surface area contributed by atoms with Crippen LogP contribution in [0.5, 0.6) is 0 Å². The molecule has 134 valence electrons. The van der Waals surface area contributed by atoms with Gasteiger partial charge < -0.3 is 14.6 Å². The molecule has 9 heteroatoms. The first-order valence-corrected chi connectivity index (χ1v) is 9.34. The number of nitrogens with one attached hydrogen (secondary N) is 1. The molecule has 0 atom stereocenters. The summed E-state index contributed by atoms with van der Waals surface area (Å²) in [4.78, 5) is 24.8. The lowest BCUT2D eigenvalue weighted by molar-refractivity contribution is -0.128. The van der Waals surface area contributed by atoms with Crippen molar-refractivity contribution in [2.45, 2.75) is 30.8 Å². The van der Waals surface area contributed by atoms with Crippen molar-refractivity contribution in [3.63, 3.8) is 0 Å². The number of rotatable bonds is 6. The molecule has 24 heavy (non-hydrogen) atoms. The molecular weight excluding hydrogens is 334 g/mol. The van der Waals surface area contributed by atoms with E-state index in [9.17, 15) is 18.0 Å². The first kappa shape index (κ1) is 18.5. The van der Waals surface area contributed by atoms with Crippen LogP contribution in [0.2, 0.25) is 0 Å². The van der Waals surface area contributed by atoms with E-state index in [0.717, 1.165) is 19.3 Å². The first-order valence-electron chi connectivity index (χ1n) is 7.90. The number of hydrogen-bond donors (Lipinski definition) is 1. The number of amides is 2. The second-order valence-electron chi connectivity index (χ2n) is 5.88. The van der Waals surface area contributed by atoms with E-state index < -0.39 is 15.9 Å². The Hall–Kier alpha value is -1.87. The van der Waals surface area contributed by atoms with Gasteiger partial charge in [-0.15, -0.1) is 0 Å². The highest BCUT2D eigenvalue weighted by molar-refractivity contribution is 7.89. The Morgan fingerprint density at radius 2 is 1.88 bits per heavy atom. The van der Waals surface area contributed by atoms with Crippen molar-refractivity contribution in [1.29, 1.82) is 0 Å². The molecule has 1 aliphatic rings. The molecule has 0 unspecified atom stereocenters. The molecule has 1 aliphatic heterocycles. The lowest BCUT2D eigenvalue weighted by Crippen LogP contribution is -2.35. The van der Waals surface area contributed by atoms with Crippen LogP contribution >= 0.6 is 0 Å². The zero-order valence-corrected chi connectivity index (χ0v) is 14.8. The summed E-state index contributed by atoms with van der Waals surface area (Å²) in [6.07, 6.45) is 2.84. The molecule has 0 spiro atoms. The average molecular weight is 357 g/mol. The van der Waals surface area contributed by atoms with Crippen molar-refractivity contribution in [2.24, 2.45) is 0 Å². The van der Waals surface area contributed by atoms with Gasteiger partial charge in [0.15, 0.2) is 5.76 Å². The Balaban J connectivity index is 1.96. The predicted molar refractivity (Wildman–Crippen MR) is 87.0 cm³/mol. The van der Waals surface area contributed by atoms with Gasteiger partial charge in [0, 0.05) is 40.2 Å². The highest BCUT2D eigenvalue weighted by atomic mass is 32.2. The average Bonchev–Trinajstić information content (AvgIpc) is 3.06. The quantitative estimate of drug-likeness (QED) is 0.806. The van der Waals surface area contributed by atoms with Gasteiger partial charge in [-0.05, 0) is 25.0 Å². The van der Waals surface area contributed by atoms with Crippen LogP contribution in [0.25, 0.3) is 0 Å². The fourth-order valence-corrected chi connectivity index (χ4v) is 3.84. The van der Waals surface area contributed by atoms with Crippen molar-refractivity contribution in [3.8, 4) is 0 Å². The summed E-state index contributed by atoms with van der Waals surface area (Å²) in [6, 6.07) is 2.63. The van der Waals surface area contributed by atoms with Crippen molar-refractivity contribution in [2.75, 3.05) is 33.7 Å². The fraction of sp³-hybridized carbons (Fsp3) is 0.600. The maximum absolute atomic E-state index is 12.5. The van der Waals surface area contributed by atoms with Crippen molar-refractivity contribution in [1.82, 2.24) is 14.5 Å². The van der Waals surface area contributed by atoms with Crippen LogP contribution < -0.4 is 5.32 Å². The molecule has 0 saturated carbocycles. The van der Waals surface area contributed by atoms with E-state index in [1.54, 1.807) is 14.1 Å². The van der Waals surface area contributed by atoms with Gasteiger partial charge in [0.1, 0.15) is 0 Å². The van der Waals surface area contributed by atoms with E-state index in [1.807, 2.05) is 0 Å². The zero-order valence-electron chi connectivity index (χ0n) is 13.9. The van der Waals surface area contributed by atoms with Gasteiger partial charge in [0.2, 0.25) is 11.0 Å². The number of nitrogens with zero attached hydrogens (tertiary/aromatic N) is 2. The molecule has 2 rings (SSSR count). The van der Waals surface area contributed by atoms with Crippen molar-refractivity contribution >= 4 is 21.8 Å². The third-order valence-corrected chi connectivity index (χ3v) is 5.61. The van der Waals surface area contributed by atoms with Gasteiger partial charge in [-0.1, -0.05) is 6.42 Å². The standard InChI is InChI=1S/C15H23N3O5S/c1-17(2)13(19)8-9-16-15(20)12-6-7-14(23-12)24(21,22)18-10-4-3-5-11-18/h6-7H,3-5,8-11H2,1-2H3,(H,16,20). The van der Waals surface area contributed by atoms with Crippen molar-refractivity contribution in [3.05, 3.63) is 17.9 Å². The Bertz CT molecular complexity index is 690. The maximum atomic E-state index is 12.5. The largest absolute Gasteiger partial charge is 0.438 e. The third-order valence-electron chi connectivity index (χ3n) is 3.84. The number of piperidine rings is 1. The lowest BCUT2D eigenvalue weighted by Gasteiger charge is -2.24. The minimum atomic E-state index is -3.69. The van der Waals surface area contributed by atoms with Gasteiger partial charge in [-0.3, -0.25) is 9.59 Å². The number of hydrogen-bond acceptors (Lipinski definition) is 5. The number of sulfonamides is 1. The van der Waals surface area contributed by atoms with E-state index in [1.165, 1.54) is 21.3 Å². The molecule has 2 amide bonds. The molecule has 1 saturated heterocycles. The summed E-state index contributed by atoms with van der Waals surface area (Å²) in [7, 11) is -0.427. The molecule has 1 aromatic heterocycles. The predicted octanol–water partition coefficient (Wildman–Crippen LogP) is 0.662. The van der Waals surface area contributed by atoms with Crippen LogP contribution in [0.15, 0.2) is 21.6 Å². The Labute approximate surface area is 141 Å². The molecule has 2 heterocycles. The third kappa shape index (κ3) is 4.35. The van der Waals surface area contributed by atoms with Crippen LogP contribution in [0, 0.1) is 0 Å². The molecule has 1 N–H and O–H groups in total. The molecule has 1 aromatic rings. The van der Waals surface area contributed by atoms with Gasteiger partial charge in [0.25, 0.3) is 15.9 Å². The summed E-state index contributed by atoms with van der Waals surface area (Å²) in [5.41, 5.74) is 0. The van der Waals surface area contributed by atoms with Crippen LogP contribution in [-0.2, 0) is 14.8 Å². The monoisotopic (exact) mass is 357 g/mol. The normalized spacial score (nSPS) is 15.9. The summed E-state index contributed by atoms with van der Waals surface area (Å²) in [5, 5.41) is 2.32. The number of carbonyl (C=O) groups excluding carboxylic acids is 2. The fourth-order valence-electron chi connectivity index (χ4n) is 2.41. The Morgan fingerprint density at radius 1 is 1.21 bits per heavy atom. The van der Waals surface area contributed by atoms with Gasteiger partial charge >= 0.3 is 0 Å². The zero-order chi connectivity index (χ0) is 17.7. The smallest absolute Gasteiger partial charge is 0.287 e. The van der Waals surface area contributed by atoms with Crippen molar-refractivity contribution < 1.29 is 22.4 Å². The summed E-state index contributed by atoms with van der Waals surface area (Å²) in [5.74, 6) is -0.729. The second-order valence-corrected chi connectivity index (χ2v) is 7.75. The second kappa shape index (κ2) is 7.80. The summed E-state index contributed by atoms with van der Waals surface area (Å²) in [6.45, 7) is 1.10. The molecule has 0 bridgehead atoms. The highest BCUT2D eigenvalue weighted by Crippen LogP contribution is 2.22.